The highest BCUT2D eigenvalue weighted by molar-refractivity contribution is 9.10. The summed E-state index contributed by atoms with van der Waals surface area (Å²) < 4.78 is 43.6. The van der Waals surface area contributed by atoms with Gasteiger partial charge in [-0.1, -0.05) is 0 Å². The van der Waals surface area contributed by atoms with E-state index < -0.39 is 11.6 Å². The van der Waals surface area contributed by atoms with Gasteiger partial charge in [0.1, 0.15) is 5.67 Å². The molecule has 3 rings (SSSR count). The van der Waals surface area contributed by atoms with Gasteiger partial charge in [-0.2, -0.15) is 0 Å². The van der Waals surface area contributed by atoms with E-state index in [1.807, 2.05) is 12.1 Å². The lowest BCUT2D eigenvalue weighted by atomic mass is 9.84. The van der Waals surface area contributed by atoms with Crippen LogP contribution in [0.15, 0.2) is 29.0 Å². The van der Waals surface area contributed by atoms with Crippen LogP contribution >= 0.6 is 15.9 Å². The Morgan fingerprint density at radius 2 is 1.90 bits per heavy atom. The number of hydrogen-bond acceptors (Lipinski definition) is 1. The van der Waals surface area contributed by atoms with Crippen LogP contribution in [0.4, 0.5) is 13.2 Å². The van der Waals surface area contributed by atoms with E-state index in [1.165, 1.54) is 0 Å². The molecular weight excluding hydrogens is 333 g/mol. The van der Waals surface area contributed by atoms with E-state index in [0.717, 1.165) is 15.6 Å². The minimum Gasteiger partial charge on any atom is -0.331 e. The van der Waals surface area contributed by atoms with E-state index >= 15 is 0 Å². The molecule has 1 aliphatic carbocycles. The molecular formula is C14H14BrF3N2. The number of halogens is 4. The number of pyridine rings is 1. The third-order valence-corrected chi connectivity index (χ3v) is 4.60. The summed E-state index contributed by atoms with van der Waals surface area (Å²) in [6.07, 6.45) is 0.710. The van der Waals surface area contributed by atoms with Crippen molar-refractivity contribution in [3.05, 3.63) is 29.0 Å². The van der Waals surface area contributed by atoms with Gasteiger partial charge in [0.05, 0.1) is 22.2 Å². The smallest absolute Gasteiger partial charge is 0.248 e. The molecule has 0 spiro atoms. The van der Waals surface area contributed by atoms with E-state index in [9.17, 15) is 13.2 Å². The fraction of sp³-hybridized carbons (Fsp3) is 0.500. The number of aromatic nitrogens is 2. The monoisotopic (exact) mass is 346 g/mol. The first-order valence-electron chi connectivity index (χ1n) is 6.55. The lowest BCUT2D eigenvalue weighted by molar-refractivity contribution is -0.0792. The van der Waals surface area contributed by atoms with Gasteiger partial charge in [-0.25, -0.2) is 13.2 Å². The Balaban J connectivity index is 1.88. The molecule has 0 aromatic carbocycles. The summed E-state index contributed by atoms with van der Waals surface area (Å²) in [7, 11) is 0. The zero-order chi connectivity index (χ0) is 14.4. The number of alkyl halides is 3. The zero-order valence-electron chi connectivity index (χ0n) is 10.8. The van der Waals surface area contributed by atoms with E-state index in [1.54, 1.807) is 16.8 Å². The SMILES string of the molecule is FC1(F)CCC(F)(Cn2c(Br)cc3ncccc32)CC1. The highest BCUT2D eigenvalue weighted by Crippen LogP contribution is 2.42. The van der Waals surface area contributed by atoms with Crippen molar-refractivity contribution in [3.8, 4) is 0 Å². The lowest BCUT2D eigenvalue weighted by Gasteiger charge is -2.34. The molecule has 0 bridgehead atoms. The number of rotatable bonds is 2. The van der Waals surface area contributed by atoms with Crippen LogP contribution in [-0.2, 0) is 6.54 Å². The van der Waals surface area contributed by atoms with Gasteiger partial charge in [-0.15, -0.1) is 0 Å². The van der Waals surface area contributed by atoms with E-state index in [4.69, 9.17) is 0 Å². The van der Waals surface area contributed by atoms with Crippen LogP contribution in [0.1, 0.15) is 25.7 Å². The first kappa shape index (κ1) is 13.9. The zero-order valence-corrected chi connectivity index (χ0v) is 12.3. The van der Waals surface area contributed by atoms with Crippen molar-refractivity contribution in [2.75, 3.05) is 0 Å². The molecule has 2 aromatic rings. The molecule has 2 nitrogen and oxygen atoms in total. The van der Waals surface area contributed by atoms with Gasteiger partial charge in [-0.05, 0) is 47.0 Å². The molecule has 0 amide bonds. The topological polar surface area (TPSA) is 17.8 Å². The van der Waals surface area contributed by atoms with Crippen LogP contribution in [0.3, 0.4) is 0 Å². The molecule has 2 aromatic heterocycles. The van der Waals surface area contributed by atoms with Gasteiger partial charge >= 0.3 is 0 Å². The Kier molecular flexibility index (Phi) is 3.31. The maximum atomic E-state index is 14.8. The normalized spacial score (nSPS) is 21.2. The molecule has 0 aliphatic heterocycles. The van der Waals surface area contributed by atoms with Crippen LogP contribution in [-0.4, -0.2) is 21.1 Å². The predicted molar refractivity (Wildman–Crippen MR) is 74.7 cm³/mol. The van der Waals surface area contributed by atoms with E-state index in [-0.39, 0.29) is 32.2 Å². The molecule has 0 N–H and O–H groups in total. The van der Waals surface area contributed by atoms with Crippen molar-refractivity contribution >= 4 is 27.0 Å². The second-order valence-electron chi connectivity index (χ2n) is 5.47. The van der Waals surface area contributed by atoms with Crippen molar-refractivity contribution < 1.29 is 13.2 Å². The first-order valence-corrected chi connectivity index (χ1v) is 7.34. The number of fused-ring (bicyclic) bond motifs is 1. The summed E-state index contributed by atoms with van der Waals surface area (Å²) in [4.78, 5) is 4.21. The molecule has 2 heterocycles. The van der Waals surface area contributed by atoms with Gasteiger partial charge in [-0.3, -0.25) is 4.98 Å². The summed E-state index contributed by atoms with van der Waals surface area (Å²) >= 11 is 3.39. The third-order valence-electron chi connectivity index (χ3n) is 3.94. The predicted octanol–water partition coefficient (Wildman–Crippen LogP) is 4.72. The molecule has 1 fully saturated rings. The fourth-order valence-electron chi connectivity index (χ4n) is 2.72. The van der Waals surface area contributed by atoms with Gasteiger partial charge < -0.3 is 4.57 Å². The minimum absolute atomic E-state index is 0.0822. The second kappa shape index (κ2) is 4.76. The minimum atomic E-state index is -2.72. The maximum absolute atomic E-state index is 14.8. The quantitative estimate of drug-likeness (QED) is 0.769. The van der Waals surface area contributed by atoms with Crippen LogP contribution in [0.25, 0.3) is 11.0 Å². The Bertz CT molecular complexity index is 628. The van der Waals surface area contributed by atoms with Crippen molar-refractivity contribution in [1.82, 2.24) is 9.55 Å². The Hall–Kier alpha value is -1.04. The summed E-state index contributed by atoms with van der Waals surface area (Å²) in [6.45, 7) is 0.0822. The van der Waals surface area contributed by atoms with Crippen molar-refractivity contribution in [3.63, 3.8) is 0 Å². The molecule has 20 heavy (non-hydrogen) atoms. The molecule has 0 radical (unpaired) electrons. The second-order valence-corrected chi connectivity index (χ2v) is 6.28. The van der Waals surface area contributed by atoms with Gasteiger partial charge in [0.25, 0.3) is 0 Å². The van der Waals surface area contributed by atoms with Crippen molar-refractivity contribution in [2.24, 2.45) is 0 Å². The third kappa shape index (κ3) is 2.57. The number of nitrogens with zero attached hydrogens (tertiary/aromatic N) is 2. The van der Waals surface area contributed by atoms with Crippen molar-refractivity contribution in [2.45, 2.75) is 43.8 Å². The summed E-state index contributed by atoms with van der Waals surface area (Å²) in [5.41, 5.74) is 0.00395. The molecule has 108 valence electrons. The van der Waals surface area contributed by atoms with Crippen LogP contribution in [0, 0.1) is 0 Å². The fourth-order valence-corrected chi connectivity index (χ4v) is 3.25. The Labute approximate surface area is 123 Å². The molecule has 6 heteroatoms. The molecule has 1 saturated carbocycles. The number of hydrogen-bond donors (Lipinski definition) is 0. The van der Waals surface area contributed by atoms with Crippen molar-refractivity contribution in [1.29, 1.82) is 0 Å². The molecule has 0 saturated heterocycles. The van der Waals surface area contributed by atoms with Crippen LogP contribution in [0.2, 0.25) is 0 Å². The molecule has 0 atom stereocenters. The maximum Gasteiger partial charge on any atom is 0.248 e. The first-order chi connectivity index (χ1) is 9.39. The van der Waals surface area contributed by atoms with E-state index in [0.29, 0.717) is 0 Å². The average molecular weight is 347 g/mol. The van der Waals surface area contributed by atoms with Gasteiger partial charge in [0.15, 0.2) is 0 Å². The van der Waals surface area contributed by atoms with E-state index in [2.05, 4.69) is 20.9 Å². The van der Waals surface area contributed by atoms with Crippen LogP contribution < -0.4 is 0 Å². The summed E-state index contributed by atoms with van der Waals surface area (Å²) in [5, 5.41) is 0. The van der Waals surface area contributed by atoms with Gasteiger partial charge in [0, 0.05) is 19.0 Å². The highest BCUT2D eigenvalue weighted by Gasteiger charge is 2.44. The molecule has 0 unspecified atom stereocenters. The Morgan fingerprint density at radius 1 is 1.20 bits per heavy atom. The summed E-state index contributed by atoms with van der Waals surface area (Å²) in [6, 6.07) is 5.45. The summed E-state index contributed by atoms with van der Waals surface area (Å²) in [5.74, 6) is -2.72. The highest BCUT2D eigenvalue weighted by atomic mass is 79.9. The average Bonchev–Trinajstić information content (AvgIpc) is 2.71. The molecule has 1 aliphatic rings. The Morgan fingerprint density at radius 3 is 2.60 bits per heavy atom. The lowest BCUT2D eigenvalue weighted by Crippen LogP contribution is -2.38. The van der Waals surface area contributed by atoms with Gasteiger partial charge in [0.2, 0.25) is 5.92 Å². The standard InChI is InChI=1S/C14H14BrF3N2/c15-12-8-10-11(2-1-7-19-10)20(12)9-13(16)3-5-14(17,18)6-4-13/h1-2,7-8H,3-6,9H2. The largest absolute Gasteiger partial charge is 0.331 e. The van der Waals surface area contributed by atoms with Crippen LogP contribution in [0.5, 0.6) is 0 Å².